The van der Waals surface area contributed by atoms with E-state index in [1.54, 1.807) is 0 Å². The summed E-state index contributed by atoms with van der Waals surface area (Å²) >= 11 is 0. The van der Waals surface area contributed by atoms with Gasteiger partial charge in [0.1, 0.15) is 0 Å². The van der Waals surface area contributed by atoms with Crippen molar-refractivity contribution in [2.24, 2.45) is 11.5 Å². The Balaban J connectivity index is -0.0000000450. The molecule has 0 heterocycles. The van der Waals surface area contributed by atoms with Gasteiger partial charge in [0.05, 0.1) is 0 Å². The fourth-order valence-electron chi connectivity index (χ4n) is 0. The van der Waals surface area contributed by atoms with E-state index in [0.717, 1.165) is 0 Å². The predicted molar refractivity (Wildman–Crippen MR) is 35.3 cm³/mol. The fourth-order valence-corrected chi connectivity index (χ4v) is 0. The highest BCUT2D eigenvalue weighted by molar-refractivity contribution is 7.59. The van der Waals surface area contributed by atoms with Gasteiger partial charge in [-0.25, -0.2) is 4.79 Å². The fraction of sp³-hybridized carbons (Fsp3) is 0. The van der Waals surface area contributed by atoms with Gasteiger partial charge in [0.25, 0.3) is 0 Å². The standard InChI is InChI=1S/CH4N2O.H3P.H2S/c2-1(3)4;;/h(H4,2,3,4);1H3;1H2. The van der Waals surface area contributed by atoms with E-state index in [4.69, 9.17) is 4.79 Å². The number of nitrogens with two attached hydrogens (primary N) is 2. The van der Waals surface area contributed by atoms with Crippen LogP contribution in [0.2, 0.25) is 0 Å². The second-order valence-electron chi connectivity index (χ2n) is 0.402. The van der Waals surface area contributed by atoms with Crippen LogP contribution >= 0.6 is 23.4 Å². The van der Waals surface area contributed by atoms with Crippen LogP contribution < -0.4 is 11.5 Å². The lowest BCUT2D eigenvalue weighted by molar-refractivity contribution is 0.256. The summed E-state index contributed by atoms with van der Waals surface area (Å²) in [4.78, 5) is 9.00. The van der Waals surface area contributed by atoms with Crippen molar-refractivity contribution >= 4 is 29.4 Å². The Labute approximate surface area is 46.5 Å². The molecule has 0 aromatic carbocycles. The van der Waals surface area contributed by atoms with E-state index in [9.17, 15) is 0 Å². The molecule has 0 saturated heterocycles. The zero-order chi connectivity index (χ0) is 3.58. The van der Waals surface area contributed by atoms with Gasteiger partial charge < -0.3 is 11.5 Å². The first-order valence-corrected chi connectivity index (χ1v) is 0.781. The van der Waals surface area contributed by atoms with Gasteiger partial charge in [-0.2, -0.15) is 23.4 Å². The third kappa shape index (κ3) is 15100. The molecule has 4 N–H and O–H groups in total. The average molecular weight is 128 g/mol. The summed E-state index contributed by atoms with van der Waals surface area (Å²) in [5.74, 6) is 0. The van der Waals surface area contributed by atoms with Crippen molar-refractivity contribution in [1.82, 2.24) is 0 Å². The molecule has 1 atom stereocenters. The van der Waals surface area contributed by atoms with Crippen LogP contribution in [-0.2, 0) is 0 Å². The minimum absolute atomic E-state index is 0. The lowest BCUT2D eigenvalue weighted by Crippen LogP contribution is -2.18. The van der Waals surface area contributed by atoms with E-state index < -0.39 is 6.03 Å². The van der Waals surface area contributed by atoms with Crippen molar-refractivity contribution < 1.29 is 4.79 Å². The maximum absolute atomic E-state index is 9.00. The third-order valence-corrected chi connectivity index (χ3v) is 0. The summed E-state index contributed by atoms with van der Waals surface area (Å²) < 4.78 is 0. The Hall–Kier alpha value is 0.0500. The molecule has 40 valence electrons. The van der Waals surface area contributed by atoms with Gasteiger partial charge in [0.2, 0.25) is 0 Å². The molecule has 2 amide bonds. The molecule has 0 aliphatic heterocycles. The predicted octanol–water partition coefficient (Wildman–Crippen LogP) is -0.805. The van der Waals surface area contributed by atoms with E-state index >= 15 is 0 Å². The first-order chi connectivity index (χ1) is 1.73. The highest BCUT2D eigenvalue weighted by Gasteiger charge is 1.60. The molecular weight excluding hydrogens is 119 g/mol. The van der Waals surface area contributed by atoms with Crippen molar-refractivity contribution in [1.29, 1.82) is 0 Å². The van der Waals surface area contributed by atoms with Gasteiger partial charge in [-0.1, -0.05) is 0 Å². The number of primary amides is 2. The highest BCUT2D eigenvalue weighted by Crippen LogP contribution is 1.25. The number of urea groups is 1. The van der Waals surface area contributed by atoms with Gasteiger partial charge in [0, 0.05) is 0 Å². The van der Waals surface area contributed by atoms with E-state index in [2.05, 4.69) is 11.5 Å². The molecule has 0 fully saturated rings. The quantitative estimate of drug-likeness (QED) is 0.412. The normalized spacial score (nSPS) is 4.00. The number of amides is 2. The van der Waals surface area contributed by atoms with Crippen molar-refractivity contribution in [3.05, 3.63) is 0 Å². The monoisotopic (exact) mass is 128 g/mol. The molecule has 0 aromatic heterocycles. The first-order valence-electron chi connectivity index (χ1n) is 0.781. The number of hydrogen-bond donors (Lipinski definition) is 2. The molecule has 0 bridgehead atoms. The van der Waals surface area contributed by atoms with Gasteiger partial charge in [-0.3, -0.25) is 0 Å². The minimum Gasteiger partial charge on any atom is -0.352 e. The van der Waals surface area contributed by atoms with Crippen LogP contribution in [0.4, 0.5) is 4.79 Å². The molecule has 0 aliphatic carbocycles. The molecule has 0 saturated carbocycles. The number of rotatable bonds is 0. The van der Waals surface area contributed by atoms with Crippen LogP contribution in [-0.4, -0.2) is 6.03 Å². The van der Waals surface area contributed by atoms with Crippen LogP contribution in [0.1, 0.15) is 0 Å². The van der Waals surface area contributed by atoms with Crippen LogP contribution in [0.25, 0.3) is 0 Å². The Morgan fingerprint density at radius 2 is 1.33 bits per heavy atom. The number of carbonyl (C=O) groups is 1. The smallest absolute Gasteiger partial charge is 0.309 e. The minimum atomic E-state index is -0.833. The molecule has 0 aliphatic rings. The van der Waals surface area contributed by atoms with Gasteiger partial charge in [-0.15, -0.1) is 0 Å². The Bertz CT molecular complexity index is 36.5. The Morgan fingerprint density at radius 3 is 1.33 bits per heavy atom. The summed E-state index contributed by atoms with van der Waals surface area (Å²) in [6.07, 6.45) is 0. The maximum Gasteiger partial charge on any atom is 0.309 e. The zero-order valence-electron chi connectivity index (χ0n) is 3.27. The third-order valence-electron chi connectivity index (χ3n) is 0. The molecule has 0 aromatic rings. The van der Waals surface area contributed by atoms with Crippen LogP contribution in [0.5, 0.6) is 0 Å². The topological polar surface area (TPSA) is 69.1 Å². The average Bonchev–Trinajstić information content (AvgIpc) is 0.811. The van der Waals surface area contributed by atoms with E-state index in [1.807, 2.05) is 0 Å². The molecule has 5 heteroatoms. The van der Waals surface area contributed by atoms with E-state index in [-0.39, 0.29) is 23.4 Å². The summed E-state index contributed by atoms with van der Waals surface area (Å²) in [5.41, 5.74) is 8.50. The van der Waals surface area contributed by atoms with Crippen molar-refractivity contribution in [3.8, 4) is 0 Å². The second kappa shape index (κ2) is 8.90. The molecule has 6 heavy (non-hydrogen) atoms. The van der Waals surface area contributed by atoms with Crippen molar-refractivity contribution in [3.63, 3.8) is 0 Å². The zero-order valence-corrected chi connectivity index (χ0v) is 5.68. The second-order valence-corrected chi connectivity index (χ2v) is 0.402. The molecule has 0 radical (unpaired) electrons. The van der Waals surface area contributed by atoms with Gasteiger partial charge >= 0.3 is 6.03 Å². The maximum atomic E-state index is 9.00. The summed E-state index contributed by atoms with van der Waals surface area (Å²) in [6.45, 7) is 0. The molecule has 3 nitrogen and oxygen atoms in total. The lowest BCUT2D eigenvalue weighted by Gasteiger charge is -1.62. The SMILES string of the molecule is NC(N)=O.P.S. The molecule has 0 rings (SSSR count). The van der Waals surface area contributed by atoms with Crippen molar-refractivity contribution in [2.75, 3.05) is 0 Å². The summed E-state index contributed by atoms with van der Waals surface area (Å²) in [7, 11) is 0. The number of hydrogen-bond acceptors (Lipinski definition) is 1. The van der Waals surface area contributed by atoms with Gasteiger partial charge in [0.15, 0.2) is 0 Å². The molecule has 1 unspecified atom stereocenters. The van der Waals surface area contributed by atoms with Crippen LogP contribution in [0.3, 0.4) is 0 Å². The Morgan fingerprint density at radius 1 is 1.33 bits per heavy atom. The van der Waals surface area contributed by atoms with Crippen LogP contribution in [0.15, 0.2) is 0 Å². The van der Waals surface area contributed by atoms with E-state index in [0.29, 0.717) is 0 Å². The van der Waals surface area contributed by atoms with Crippen LogP contribution in [0, 0.1) is 0 Å². The highest BCUT2D eigenvalue weighted by atomic mass is 32.1. The van der Waals surface area contributed by atoms with Gasteiger partial charge in [-0.05, 0) is 0 Å². The van der Waals surface area contributed by atoms with Crippen molar-refractivity contribution in [2.45, 2.75) is 0 Å². The largest absolute Gasteiger partial charge is 0.352 e. The molecule has 0 spiro atoms. The molecular formula is CH9N2OPS. The summed E-state index contributed by atoms with van der Waals surface area (Å²) in [6, 6.07) is -0.833. The summed E-state index contributed by atoms with van der Waals surface area (Å²) in [5, 5.41) is 0. The first kappa shape index (κ1) is 16.6. The Kier molecular flexibility index (Phi) is 24.6. The lowest BCUT2D eigenvalue weighted by atomic mass is 11.2. The number of carbonyl (C=O) groups excluding carboxylic acids is 1. The van der Waals surface area contributed by atoms with E-state index in [1.165, 1.54) is 0 Å².